The number of para-hydroxylation sites is 1. The van der Waals surface area contributed by atoms with Gasteiger partial charge in [-0.1, -0.05) is 69.2 Å². The first kappa shape index (κ1) is 28.6. The van der Waals surface area contributed by atoms with Gasteiger partial charge in [-0.25, -0.2) is 0 Å². The first-order valence-electron chi connectivity index (χ1n) is 14.7. The summed E-state index contributed by atoms with van der Waals surface area (Å²) in [7, 11) is 0. The molecule has 2 saturated heterocycles. The number of fused-ring (bicyclic) bond motifs is 2. The number of ether oxygens (including phenoxy) is 1. The van der Waals surface area contributed by atoms with Crippen molar-refractivity contribution in [2.24, 2.45) is 11.8 Å². The molecule has 2 aliphatic rings. The van der Waals surface area contributed by atoms with Crippen molar-refractivity contribution in [3.05, 3.63) is 78.0 Å². The van der Waals surface area contributed by atoms with Crippen LogP contribution in [0.2, 0.25) is 0 Å². The topological polar surface area (TPSA) is 112 Å². The van der Waals surface area contributed by atoms with Crippen molar-refractivity contribution >= 4 is 28.7 Å². The highest BCUT2D eigenvalue weighted by Crippen LogP contribution is 2.50. The minimum absolute atomic E-state index is 0.0610. The number of amides is 2. The van der Waals surface area contributed by atoms with Crippen LogP contribution in [0.3, 0.4) is 0 Å². The molecule has 8 nitrogen and oxygen atoms in total. The third kappa shape index (κ3) is 5.40. The summed E-state index contributed by atoms with van der Waals surface area (Å²) in [4.78, 5) is 45.6. The van der Waals surface area contributed by atoms with Gasteiger partial charge in [0, 0.05) is 36.1 Å². The Kier molecular flexibility index (Phi) is 8.59. The fourth-order valence-corrected chi connectivity index (χ4v) is 6.34. The summed E-state index contributed by atoms with van der Waals surface area (Å²) in [5, 5.41) is 15.0. The number of carbonyl (C=O) groups excluding carboxylic acids is 2. The smallest absolute Gasteiger partial charge is 0.325 e. The first-order chi connectivity index (χ1) is 19.9. The average molecular weight is 558 g/mol. The highest BCUT2D eigenvalue weighted by molar-refractivity contribution is 6.09. The van der Waals surface area contributed by atoms with E-state index in [1.165, 1.54) is 4.90 Å². The number of unbranched alkanes of at least 4 members (excludes halogenated alkanes) is 2. The molecule has 2 amide bonds. The van der Waals surface area contributed by atoms with Crippen molar-refractivity contribution < 1.29 is 24.2 Å². The van der Waals surface area contributed by atoms with E-state index in [2.05, 4.69) is 23.3 Å². The van der Waals surface area contributed by atoms with Crippen LogP contribution in [-0.2, 0) is 20.8 Å². The van der Waals surface area contributed by atoms with Gasteiger partial charge in [-0.05, 0) is 48.6 Å². The zero-order valence-electron chi connectivity index (χ0n) is 23.8. The molecule has 8 heteroatoms. The van der Waals surface area contributed by atoms with E-state index in [1.54, 1.807) is 6.20 Å². The number of hydrogen-bond acceptors (Lipinski definition) is 5. The number of likely N-dealkylation sites (tertiary alicyclic amines) is 1. The Morgan fingerprint density at radius 2 is 1.78 bits per heavy atom. The highest BCUT2D eigenvalue weighted by atomic mass is 16.5. The zero-order chi connectivity index (χ0) is 29.0. The van der Waals surface area contributed by atoms with Crippen molar-refractivity contribution in [2.45, 2.75) is 64.0 Å². The van der Waals surface area contributed by atoms with Crippen LogP contribution >= 0.6 is 0 Å². The third-order valence-corrected chi connectivity index (χ3v) is 8.39. The van der Waals surface area contributed by atoms with Crippen molar-refractivity contribution in [3.8, 4) is 5.75 Å². The Morgan fingerprint density at radius 3 is 2.51 bits per heavy atom. The molecule has 3 aromatic rings. The van der Waals surface area contributed by atoms with E-state index >= 15 is 0 Å². The van der Waals surface area contributed by atoms with Gasteiger partial charge in [-0.15, -0.1) is 0 Å². The van der Waals surface area contributed by atoms with Gasteiger partial charge in [-0.3, -0.25) is 24.6 Å². The number of allylic oxidation sites excluding steroid dienone is 1. The number of hydrogen-bond donors (Lipinski definition) is 3. The van der Waals surface area contributed by atoms with Crippen LogP contribution in [0.15, 0.2) is 66.9 Å². The van der Waals surface area contributed by atoms with Crippen LogP contribution in [0.25, 0.3) is 10.9 Å². The Morgan fingerprint density at radius 1 is 1.02 bits per heavy atom. The van der Waals surface area contributed by atoms with Crippen LogP contribution in [0, 0.1) is 11.8 Å². The second-order valence-corrected chi connectivity index (χ2v) is 11.1. The van der Waals surface area contributed by atoms with Gasteiger partial charge in [0.05, 0.1) is 18.4 Å². The number of nitrogens with one attached hydrogen (secondary N) is 2. The van der Waals surface area contributed by atoms with Crippen molar-refractivity contribution in [3.63, 3.8) is 0 Å². The summed E-state index contributed by atoms with van der Waals surface area (Å²) in [5.74, 6) is -3.01. The molecule has 0 spiro atoms. The van der Waals surface area contributed by atoms with Crippen molar-refractivity contribution in [1.29, 1.82) is 0 Å². The molecule has 1 aromatic heterocycles. The summed E-state index contributed by atoms with van der Waals surface area (Å²) in [6.45, 7) is 5.00. The van der Waals surface area contributed by atoms with Crippen LogP contribution in [0.5, 0.6) is 5.75 Å². The minimum atomic E-state index is -1.66. The van der Waals surface area contributed by atoms with E-state index in [9.17, 15) is 19.5 Å². The molecule has 216 valence electrons. The van der Waals surface area contributed by atoms with Gasteiger partial charge in [0.1, 0.15) is 11.3 Å². The lowest BCUT2D eigenvalue weighted by Gasteiger charge is -2.31. The first-order valence-corrected chi connectivity index (χ1v) is 14.7. The minimum Gasteiger partial charge on any atom is -0.494 e. The quantitative estimate of drug-likeness (QED) is 0.147. The van der Waals surface area contributed by atoms with Crippen LogP contribution in [-0.4, -0.2) is 51.5 Å². The molecule has 2 aliphatic heterocycles. The molecule has 0 aliphatic carbocycles. The number of aliphatic carboxylic acids is 1. The number of carboxylic acids is 1. The monoisotopic (exact) mass is 557 g/mol. The Balaban J connectivity index is 1.50. The molecule has 3 N–H and O–H groups in total. The van der Waals surface area contributed by atoms with Crippen molar-refractivity contribution in [1.82, 2.24) is 15.2 Å². The molecule has 4 atom stereocenters. The van der Waals surface area contributed by atoms with Crippen LogP contribution in [0.1, 0.15) is 63.1 Å². The lowest BCUT2D eigenvalue weighted by Crippen LogP contribution is -2.57. The number of carbonyl (C=O) groups is 3. The number of rotatable bonds is 13. The number of aromatic nitrogens is 1. The molecule has 2 aromatic carbocycles. The number of carboxylic acid groups (broad SMARTS) is 1. The number of imide groups is 1. The molecule has 4 unspecified atom stereocenters. The Hall–Kier alpha value is -3.91. The van der Waals surface area contributed by atoms with Crippen LogP contribution < -0.4 is 10.1 Å². The van der Waals surface area contributed by atoms with Gasteiger partial charge >= 0.3 is 5.97 Å². The molecular weight excluding hydrogens is 518 g/mol. The predicted molar refractivity (Wildman–Crippen MR) is 157 cm³/mol. The lowest BCUT2D eigenvalue weighted by atomic mass is 9.76. The molecule has 41 heavy (non-hydrogen) atoms. The second kappa shape index (κ2) is 12.3. The van der Waals surface area contributed by atoms with Gasteiger partial charge in [0.15, 0.2) is 0 Å². The van der Waals surface area contributed by atoms with E-state index in [1.807, 2.05) is 61.5 Å². The van der Waals surface area contributed by atoms with E-state index in [0.717, 1.165) is 47.7 Å². The van der Waals surface area contributed by atoms with Gasteiger partial charge in [0.2, 0.25) is 11.8 Å². The maximum atomic E-state index is 14.0. The van der Waals surface area contributed by atoms with Crippen molar-refractivity contribution in [2.75, 3.05) is 13.2 Å². The summed E-state index contributed by atoms with van der Waals surface area (Å²) in [6.07, 6.45) is 10.5. The standard InChI is InChI=1S/C33H39N3O5/c1-3-5-6-7-8-11-18-36-30(37)27-28(31(36)38)33(32(39)40,20-23-21-34-26-13-10-9-12-25(23)26)35-29(27)22-14-16-24(17-15-22)41-19-4-2/h7-10,12-17,21,27-29,34-35H,3-6,11,18-20H2,1-2H3,(H,39,40). The van der Waals surface area contributed by atoms with Gasteiger partial charge in [0.25, 0.3) is 0 Å². The van der Waals surface area contributed by atoms with Gasteiger partial charge < -0.3 is 14.8 Å². The molecule has 3 heterocycles. The number of nitrogens with zero attached hydrogens (tertiary/aromatic N) is 1. The Bertz CT molecular complexity index is 1430. The maximum absolute atomic E-state index is 14.0. The summed E-state index contributed by atoms with van der Waals surface area (Å²) >= 11 is 0. The molecule has 2 fully saturated rings. The summed E-state index contributed by atoms with van der Waals surface area (Å²) < 4.78 is 5.73. The number of H-pyrrole nitrogens is 1. The van der Waals surface area contributed by atoms with E-state index in [-0.39, 0.29) is 18.9 Å². The van der Waals surface area contributed by atoms with E-state index < -0.39 is 35.3 Å². The third-order valence-electron chi connectivity index (χ3n) is 8.39. The number of aromatic amines is 1. The lowest BCUT2D eigenvalue weighted by molar-refractivity contribution is -0.151. The normalized spacial score (nSPS) is 24.0. The van der Waals surface area contributed by atoms with E-state index in [4.69, 9.17) is 4.74 Å². The Labute approximate surface area is 240 Å². The second-order valence-electron chi connectivity index (χ2n) is 11.1. The fourth-order valence-electron chi connectivity index (χ4n) is 6.34. The maximum Gasteiger partial charge on any atom is 0.325 e. The predicted octanol–water partition coefficient (Wildman–Crippen LogP) is 5.40. The van der Waals surface area contributed by atoms with E-state index in [0.29, 0.717) is 18.8 Å². The molecule has 0 radical (unpaired) electrons. The van der Waals surface area contributed by atoms with Crippen LogP contribution in [0.4, 0.5) is 0 Å². The highest BCUT2D eigenvalue weighted by Gasteiger charge is 2.68. The fraction of sp³-hybridized carbons (Fsp3) is 0.424. The SMILES string of the molecule is CCCCC=CCCN1C(=O)C2C(c3ccc(OCCC)cc3)NC(Cc3c[nH]c4ccccc34)(C(=O)O)C2C1=O. The summed E-state index contributed by atoms with van der Waals surface area (Å²) in [6, 6.07) is 14.4. The zero-order valence-corrected chi connectivity index (χ0v) is 23.8. The molecule has 0 saturated carbocycles. The average Bonchev–Trinajstić information content (AvgIpc) is 3.62. The van der Waals surface area contributed by atoms with Gasteiger partial charge in [-0.2, -0.15) is 0 Å². The number of benzene rings is 2. The summed E-state index contributed by atoms with van der Waals surface area (Å²) in [5.41, 5.74) is 0.780. The molecular formula is C33H39N3O5. The molecule has 0 bridgehead atoms. The molecule has 5 rings (SSSR count). The largest absolute Gasteiger partial charge is 0.494 e.